The quantitative estimate of drug-likeness (QED) is 0.342. The summed E-state index contributed by atoms with van der Waals surface area (Å²) in [6.07, 6.45) is 4.62. The van der Waals surface area contributed by atoms with Gasteiger partial charge in [-0.15, -0.1) is 0 Å². The average Bonchev–Trinajstić information content (AvgIpc) is 2.86. The summed E-state index contributed by atoms with van der Waals surface area (Å²) in [7, 11) is 0. The molecule has 0 bridgehead atoms. The largest absolute Gasteiger partial charge is 0.507 e. The van der Waals surface area contributed by atoms with Crippen LogP contribution in [0.4, 0.5) is 0 Å². The minimum absolute atomic E-state index is 0.0941. The molecule has 0 aromatic heterocycles. The van der Waals surface area contributed by atoms with Crippen molar-refractivity contribution in [2.75, 3.05) is 6.61 Å². The summed E-state index contributed by atoms with van der Waals surface area (Å²) in [5.74, 6) is -0.0840. The van der Waals surface area contributed by atoms with Crippen LogP contribution >= 0.6 is 0 Å². The molecule has 0 aliphatic rings. The zero-order valence-corrected chi connectivity index (χ0v) is 20.3. The minimum atomic E-state index is -0.389. The molecule has 0 aliphatic heterocycles. The van der Waals surface area contributed by atoms with E-state index in [1.165, 1.54) is 0 Å². The highest BCUT2D eigenvalue weighted by Gasteiger charge is 2.24. The number of carbonyl (C=O) groups excluding carboxylic acids is 1. The van der Waals surface area contributed by atoms with E-state index in [0.29, 0.717) is 18.6 Å². The Hall–Kier alpha value is -3.11. The fourth-order valence-corrected chi connectivity index (χ4v) is 4.51. The number of aryl methyl sites for hydroxylation is 2. The Balaban J connectivity index is 1.87. The number of carbonyl (C=O) groups is 1. The van der Waals surface area contributed by atoms with Crippen molar-refractivity contribution >= 4 is 5.91 Å². The van der Waals surface area contributed by atoms with Crippen molar-refractivity contribution in [3.63, 3.8) is 0 Å². The van der Waals surface area contributed by atoms with Gasteiger partial charge in [0.25, 0.3) is 0 Å². The Morgan fingerprint density at radius 3 is 1.91 bits per heavy atom. The molecule has 34 heavy (non-hydrogen) atoms. The highest BCUT2D eigenvalue weighted by molar-refractivity contribution is 5.84. The minimum Gasteiger partial charge on any atom is -0.507 e. The van der Waals surface area contributed by atoms with Gasteiger partial charge in [-0.3, -0.25) is 4.79 Å². The van der Waals surface area contributed by atoms with Gasteiger partial charge in [0, 0.05) is 0 Å². The van der Waals surface area contributed by atoms with Crippen LogP contribution in [0.2, 0.25) is 0 Å². The van der Waals surface area contributed by atoms with E-state index in [1.54, 1.807) is 0 Å². The number of hydrogen-bond donors (Lipinski definition) is 3. The van der Waals surface area contributed by atoms with E-state index in [-0.39, 0.29) is 24.5 Å². The molecule has 0 fully saturated rings. The molecule has 0 saturated heterocycles. The zero-order chi connectivity index (χ0) is 24.3. The Kier molecular flexibility index (Phi) is 9.72. The van der Waals surface area contributed by atoms with Gasteiger partial charge in [0.1, 0.15) is 5.75 Å². The summed E-state index contributed by atoms with van der Waals surface area (Å²) in [5.41, 5.74) is 4.97. The van der Waals surface area contributed by atoms with Gasteiger partial charge >= 0.3 is 0 Å². The zero-order valence-electron chi connectivity index (χ0n) is 20.3. The second-order valence-electron chi connectivity index (χ2n) is 9.01. The molecule has 3 N–H and O–H groups in total. The van der Waals surface area contributed by atoms with Crippen LogP contribution < -0.4 is 5.32 Å². The van der Waals surface area contributed by atoms with Crippen LogP contribution in [-0.4, -0.2) is 28.8 Å². The third-order valence-corrected chi connectivity index (χ3v) is 6.22. The lowest BCUT2D eigenvalue weighted by Crippen LogP contribution is -2.42. The summed E-state index contributed by atoms with van der Waals surface area (Å²) in [6.45, 7) is 4.09. The molecule has 3 aromatic carbocycles. The molecule has 2 atom stereocenters. The predicted molar refractivity (Wildman–Crippen MR) is 138 cm³/mol. The fourth-order valence-electron chi connectivity index (χ4n) is 4.51. The first kappa shape index (κ1) is 25.5. The molecule has 3 rings (SSSR count). The number of aliphatic hydroxyl groups is 1. The van der Waals surface area contributed by atoms with Gasteiger partial charge in [-0.2, -0.15) is 0 Å². The number of aromatic hydroxyl groups is 1. The third kappa shape index (κ3) is 6.94. The van der Waals surface area contributed by atoms with Crippen LogP contribution in [0.5, 0.6) is 5.75 Å². The van der Waals surface area contributed by atoms with Crippen LogP contribution in [0.3, 0.4) is 0 Å². The number of phenolic OH excluding ortho intramolecular Hbond substituents is 1. The monoisotopic (exact) mass is 459 g/mol. The number of hydrogen-bond acceptors (Lipinski definition) is 3. The van der Waals surface area contributed by atoms with E-state index >= 15 is 0 Å². The van der Waals surface area contributed by atoms with Crippen molar-refractivity contribution in [3.05, 3.63) is 101 Å². The van der Waals surface area contributed by atoms with Gasteiger partial charge in [-0.1, -0.05) is 99.5 Å². The van der Waals surface area contributed by atoms with Crippen LogP contribution in [-0.2, 0) is 30.5 Å². The highest BCUT2D eigenvalue weighted by atomic mass is 16.3. The summed E-state index contributed by atoms with van der Waals surface area (Å²) < 4.78 is 0. The smallest absolute Gasteiger partial charge is 0.228 e. The second kappa shape index (κ2) is 13.0. The van der Waals surface area contributed by atoms with Gasteiger partial charge in [-0.25, -0.2) is 0 Å². The summed E-state index contributed by atoms with van der Waals surface area (Å²) >= 11 is 0. The fraction of sp³-hybridized carbons (Fsp3) is 0.367. The number of rotatable bonds is 12. The Morgan fingerprint density at radius 2 is 1.38 bits per heavy atom. The van der Waals surface area contributed by atoms with Gasteiger partial charge in [-0.05, 0) is 53.5 Å². The molecule has 0 spiro atoms. The maximum Gasteiger partial charge on any atom is 0.228 e. The van der Waals surface area contributed by atoms with Crippen molar-refractivity contribution in [1.29, 1.82) is 0 Å². The number of benzene rings is 3. The lowest BCUT2D eigenvalue weighted by molar-refractivity contribution is -0.123. The summed E-state index contributed by atoms with van der Waals surface area (Å²) in [5, 5.41) is 23.8. The van der Waals surface area contributed by atoms with E-state index in [9.17, 15) is 15.0 Å². The molecule has 4 heteroatoms. The summed E-state index contributed by atoms with van der Waals surface area (Å²) in [6, 6.07) is 23.4. The highest BCUT2D eigenvalue weighted by Crippen LogP contribution is 2.30. The van der Waals surface area contributed by atoms with Gasteiger partial charge in [0.15, 0.2) is 0 Å². The van der Waals surface area contributed by atoms with Gasteiger partial charge in [0.2, 0.25) is 5.91 Å². The first-order chi connectivity index (χ1) is 16.5. The standard InChI is InChI=1S/C30H37NO3/c1-3-11-25-17-23(18-26(12-4-2)29(25)33)20-28(24-15-9-6-10-16-24)30(34)31-27(21-32)19-22-13-7-5-8-14-22/h5-10,13-18,27-28,32-33H,3-4,11-12,19-21H2,1-2H3,(H,31,34)/t27-,28?/m0/s1. The van der Waals surface area contributed by atoms with Crippen molar-refractivity contribution in [2.24, 2.45) is 0 Å². The van der Waals surface area contributed by atoms with Crippen molar-refractivity contribution in [3.8, 4) is 5.75 Å². The van der Waals surface area contributed by atoms with E-state index in [0.717, 1.165) is 53.5 Å². The first-order valence-electron chi connectivity index (χ1n) is 12.4. The Morgan fingerprint density at radius 1 is 0.824 bits per heavy atom. The van der Waals surface area contributed by atoms with Gasteiger partial charge in [0.05, 0.1) is 18.6 Å². The number of aliphatic hydroxyl groups excluding tert-OH is 1. The van der Waals surface area contributed by atoms with E-state index in [1.807, 2.05) is 60.7 Å². The average molecular weight is 460 g/mol. The Bertz CT molecular complexity index is 1010. The number of nitrogens with one attached hydrogen (secondary N) is 1. The van der Waals surface area contributed by atoms with Gasteiger partial charge < -0.3 is 15.5 Å². The maximum atomic E-state index is 13.5. The molecule has 180 valence electrons. The molecule has 4 nitrogen and oxygen atoms in total. The van der Waals surface area contributed by atoms with Crippen molar-refractivity contribution in [2.45, 2.75) is 64.3 Å². The first-order valence-corrected chi connectivity index (χ1v) is 12.4. The molecule has 1 amide bonds. The molecular formula is C30H37NO3. The molecule has 1 unspecified atom stereocenters. The van der Waals surface area contributed by atoms with E-state index in [2.05, 4.69) is 31.3 Å². The van der Waals surface area contributed by atoms with Crippen LogP contribution in [0.25, 0.3) is 0 Å². The molecule has 3 aromatic rings. The Labute approximate surface area is 203 Å². The predicted octanol–water partition coefficient (Wildman–Crippen LogP) is 5.34. The van der Waals surface area contributed by atoms with Crippen molar-refractivity contribution in [1.82, 2.24) is 5.32 Å². The molecule has 0 heterocycles. The second-order valence-corrected chi connectivity index (χ2v) is 9.01. The number of phenols is 1. The van der Waals surface area contributed by atoms with Crippen LogP contribution in [0.1, 0.15) is 60.4 Å². The SMILES string of the molecule is CCCc1cc(CC(C(=O)N[C@H](CO)Cc2ccccc2)c2ccccc2)cc(CCC)c1O. The summed E-state index contributed by atoms with van der Waals surface area (Å²) in [4.78, 5) is 13.5. The molecule has 0 aliphatic carbocycles. The topological polar surface area (TPSA) is 69.6 Å². The number of amides is 1. The van der Waals surface area contributed by atoms with Crippen LogP contribution in [0, 0.1) is 0 Å². The van der Waals surface area contributed by atoms with Crippen molar-refractivity contribution < 1.29 is 15.0 Å². The molecule has 0 saturated carbocycles. The molecular weight excluding hydrogens is 422 g/mol. The van der Waals surface area contributed by atoms with Crippen LogP contribution in [0.15, 0.2) is 72.8 Å². The molecule has 0 radical (unpaired) electrons. The van der Waals surface area contributed by atoms with E-state index < -0.39 is 0 Å². The lowest BCUT2D eigenvalue weighted by Gasteiger charge is -2.23. The lowest BCUT2D eigenvalue weighted by atomic mass is 9.88. The van der Waals surface area contributed by atoms with E-state index in [4.69, 9.17) is 0 Å². The normalized spacial score (nSPS) is 12.8. The third-order valence-electron chi connectivity index (χ3n) is 6.22. The maximum absolute atomic E-state index is 13.5.